The van der Waals surface area contributed by atoms with Crippen LogP contribution in [0, 0.1) is 0 Å². The maximum atomic E-state index is 6.36. The number of ether oxygens (including phenoxy) is 1. The van der Waals surface area contributed by atoms with Crippen LogP contribution in [0.1, 0.15) is 40.0 Å². The van der Waals surface area contributed by atoms with Gasteiger partial charge in [0.2, 0.25) is 0 Å². The van der Waals surface area contributed by atoms with Gasteiger partial charge in [-0.25, -0.2) is 0 Å². The van der Waals surface area contributed by atoms with Crippen LogP contribution in [0.5, 0.6) is 0 Å². The summed E-state index contributed by atoms with van der Waals surface area (Å²) < 4.78 is 23.1. The Morgan fingerprint density at radius 1 is 1.06 bits per heavy atom. The topological polar surface area (TPSA) is 62.9 Å². The first-order valence-electron chi connectivity index (χ1n) is 6.48. The third kappa shape index (κ3) is 3.27. The van der Waals surface area contributed by atoms with Gasteiger partial charge in [-0.3, -0.25) is 5.73 Å². The molecule has 0 aromatic carbocycles. The lowest BCUT2D eigenvalue weighted by Crippen LogP contribution is -2.72. The Bertz CT molecular complexity index is 204. The van der Waals surface area contributed by atoms with Gasteiger partial charge in [-0.15, -0.1) is 0 Å². The zero-order valence-electron chi connectivity index (χ0n) is 11.2. The van der Waals surface area contributed by atoms with E-state index in [-0.39, 0.29) is 0 Å². The molecular weight excluding hydrogens is 238 g/mol. The van der Waals surface area contributed by atoms with Crippen LogP contribution in [-0.4, -0.2) is 40.6 Å². The molecule has 6 heteroatoms. The van der Waals surface area contributed by atoms with Gasteiger partial charge in [-0.05, 0) is 40.0 Å². The van der Waals surface area contributed by atoms with E-state index in [0.717, 1.165) is 19.3 Å². The highest BCUT2D eigenvalue weighted by molar-refractivity contribution is 6.63. The van der Waals surface area contributed by atoms with Crippen LogP contribution in [0.2, 0.25) is 0 Å². The van der Waals surface area contributed by atoms with E-state index in [1.807, 2.05) is 20.8 Å². The first-order chi connectivity index (χ1) is 8.14. The molecular formula is C11H25NO4Si. The Labute approximate surface area is 105 Å². The van der Waals surface area contributed by atoms with Crippen LogP contribution < -0.4 is 5.73 Å². The fourth-order valence-electron chi connectivity index (χ4n) is 2.12. The van der Waals surface area contributed by atoms with E-state index in [1.54, 1.807) is 0 Å². The molecule has 1 fully saturated rings. The van der Waals surface area contributed by atoms with Gasteiger partial charge in [-0.2, -0.15) is 0 Å². The molecule has 1 atom stereocenters. The first kappa shape index (κ1) is 15.1. The summed E-state index contributed by atoms with van der Waals surface area (Å²) in [5.41, 5.74) is 6.36. The number of nitrogens with two attached hydrogens (primary N) is 1. The van der Waals surface area contributed by atoms with E-state index in [0.29, 0.717) is 26.4 Å². The zero-order chi connectivity index (χ0) is 12.8. The van der Waals surface area contributed by atoms with Gasteiger partial charge in [0.05, 0.1) is 0 Å². The third-order valence-corrected chi connectivity index (χ3v) is 6.26. The molecule has 1 aliphatic heterocycles. The molecule has 5 nitrogen and oxygen atoms in total. The summed E-state index contributed by atoms with van der Waals surface area (Å²) in [6, 6.07) is 0. The van der Waals surface area contributed by atoms with Crippen molar-refractivity contribution in [2.24, 2.45) is 5.73 Å². The second kappa shape index (κ2) is 6.82. The first-order valence-corrected chi connectivity index (χ1v) is 8.21. The van der Waals surface area contributed by atoms with Crippen molar-refractivity contribution in [3.63, 3.8) is 0 Å². The fourth-order valence-corrected chi connectivity index (χ4v) is 5.00. The van der Waals surface area contributed by atoms with Crippen molar-refractivity contribution in [1.29, 1.82) is 0 Å². The minimum Gasteiger partial charge on any atom is -0.371 e. The molecule has 0 saturated carbocycles. The quantitative estimate of drug-likeness (QED) is 0.704. The average molecular weight is 263 g/mol. The van der Waals surface area contributed by atoms with Crippen LogP contribution in [0.4, 0.5) is 0 Å². The van der Waals surface area contributed by atoms with Crippen molar-refractivity contribution >= 4 is 8.80 Å². The van der Waals surface area contributed by atoms with Crippen molar-refractivity contribution in [1.82, 2.24) is 0 Å². The largest absolute Gasteiger partial charge is 0.550 e. The third-order valence-electron chi connectivity index (χ3n) is 2.82. The maximum Gasteiger partial charge on any atom is 0.550 e. The Hall–Kier alpha value is 0.0169. The molecule has 1 heterocycles. The molecule has 1 rings (SSSR count). The Morgan fingerprint density at radius 2 is 1.59 bits per heavy atom. The van der Waals surface area contributed by atoms with Gasteiger partial charge in [0.25, 0.3) is 0 Å². The molecule has 1 saturated heterocycles. The lowest BCUT2D eigenvalue weighted by atomic mass is 10.2. The molecule has 0 amide bonds. The number of hydrogen-bond donors (Lipinski definition) is 1. The molecule has 0 aromatic heterocycles. The van der Waals surface area contributed by atoms with Gasteiger partial charge in [0.1, 0.15) is 0 Å². The average Bonchev–Trinajstić information content (AvgIpc) is 2.31. The lowest BCUT2D eigenvalue weighted by molar-refractivity contribution is -0.0905. The minimum atomic E-state index is -2.96. The van der Waals surface area contributed by atoms with Gasteiger partial charge in [0.15, 0.2) is 5.35 Å². The predicted molar refractivity (Wildman–Crippen MR) is 67.4 cm³/mol. The Balaban J connectivity index is 2.90. The van der Waals surface area contributed by atoms with Crippen molar-refractivity contribution in [2.45, 2.75) is 45.4 Å². The smallest absolute Gasteiger partial charge is 0.371 e. The van der Waals surface area contributed by atoms with Crippen molar-refractivity contribution in [3.8, 4) is 0 Å². The normalized spacial score (nSPS) is 26.1. The highest BCUT2D eigenvalue weighted by atomic mass is 28.4. The van der Waals surface area contributed by atoms with Gasteiger partial charge in [0, 0.05) is 26.4 Å². The predicted octanol–water partition coefficient (Wildman–Crippen LogP) is 1.43. The van der Waals surface area contributed by atoms with Gasteiger partial charge < -0.3 is 18.0 Å². The summed E-state index contributed by atoms with van der Waals surface area (Å²) in [4.78, 5) is 0. The van der Waals surface area contributed by atoms with Crippen molar-refractivity contribution in [3.05, 3.63) is 0 Å². The molecule has 1 unspecified atom stereocenters. The van der Waals surface area contributed by atoms with E-state index < -0.39 is 14.2 Å². The van der Waals surface area contributed by atoms with Crippen molar-refractivity contribution in [2.75, 3.05) is 26.4 Å². The number of hydrogen-bond acceptors (Lipinski definition) is 5. The standard InChI is InChI=1S/C11H25NO4Si/c1-4-14-17(15-5-2,16-6-3)11(12)9-7-8-10-13-11/h4-10,12H2,1-3H3. The van der Waals surface area contributed by atoms with Crippen LogP contribution in [0.15, 0.2) is 0 Å². The van der Waals surface area contributed by atoms with Crippen LogP contribution >= 0.6 is 0 Å². The summed E-state index contributed by atoms with van der Waals surface area (Å²) in [5, 5.41) is -0.882. The highest BCUT2D eigenvalue weighted by Crippen LogP contribution is 2.32. The second-order valence-electron chi connectivity index (χ2n) is 4.05. The summed E-state index contributed by atoms with van der Waals surface area (Å²) >= 11 is 0. The Morgan fingerprint density at radius 3 is 1.94 bits per heavy atom. The molecule has 0 aliphatic carbocycles. The molecule has 17 heavy (non-hydrogen) atoms. The van der Waals surface area contributed by atoms with Crippen LogP contribution in [0.25, 0.3) is 0 Å². The maximum absolute atomic E-state index is 6.36. The van der Waals surface area contributed by atoms with Gasteiger partial charge >= 0.3 is 8.80 Å². The summed E-state index contributed by atoms with van der Waals surface area (Å²) in [6.45, 7) is 7.99. The molecule has 2 N–H and O–H groups in total. The summed E-state index contributed by atoms with van der Waals surface area (Å²) in [5.74, 6) is 0. The van der Waals surface area contributed by atoms with Crippen molar-refractivity contribution < 1.29 is 18.0 Å². The molecule has 0 radical (unpaired) electrons. The molecule has 1 aliphatic rings. The van der Waals surface area contributed by atoms with E-state index in [4.69, 9.17) is 23.7 Å². The van der Waals surface area contributed by atoms with E-state index in [9.17, 15) is 0 Å². The van der Waals surface area contributed by atoms with Gasteiger partial charge in [-0.1, -0.05) is 0 Å². The zero-order valence-corrected chi connectivity index (χ0v) is 12.2. The lowest BCUT2D eigenvalue weighted by Gasteiger charge is -2.44. The van der Waals surface area contributed by atoms with E-state index in [2.05, 4.69) is 0 Å². The minimum absolute atomic E-state index is 0.522. The molecule has 0 aromatic rings. The summed E-state index contributed by atoms with van der Waals surface area (Å²) in [7, 11) is -2.96. The molecule has 0 spiro atoms. The monoisotopic (exact) mass is 263 g/mol. The van der Waals surface area contributed by atoms with Crippen LogP contribution in [0.3, 0.4) is 0 Å². The highest BCUT2D eigenvalue weighted by Gasteiger charge is 2.61. The fraction of sp³-hybridized carbons (Fsp3) is 1.00. The second-order valence-corrected chi connectivity index (χ2v) is 6.88. The van der Waals surface area contributed by atoms with Crippen LogP contribution in [-0.2, 0) is 18.0 Å². The van der Waals surface area contributed by atoms with E-state index >= 15 is 0 Å². The number of rotatable bonds is 7. The SMILES string of the molecule is CCO[Si](OCC)(OCC)C1(N)CCCCO1. The molecule has 102 valence electrons. The summed E-state index contributed by atoms with van der Waals surface area (Å²) in [6.07, 6.45) is 2.80. The molecule has 0 bridgehead atoms. The van der Waals surface area contributed by atoms with E-state index in [1.165, 1.54) is 0 Å². The Kier molecular flexibility index (Phi) is 6.05.